The van der Waals surface area contributed by atoms with Crippen LogP contribution in [-0.2, 0) is 10.0 Å². The fraction of sp³-hybridized carbons (Fsp3) is 0.125. The number of aromatic nitrogens is 3. The molecule has 12 heteroatoms. The minimum atomic E-state index is -4.23. The number of fused-ring (bicyclic) bond motifs is 9. The molecule has 0 atom stereocenters. The average Bonchev–Trinajstić information content (AvgIpc) is 3.26. The Morgan fingerprint density at radius 1 is 0.500 bits per heavy atom. The second-order valence-corrected chi connectivity index (χ2v) is 12.3. The number of pyridine rings is 3. The summed E-state index contributed by atoms with van der Waals surface area (Å²) in [7, 11) is 3.13. The molecule has 220 valence electrons. The summed E-state index contributed by atoms with van der Waals surface area (Å²) >= 11 is 0. The zero-order valence-electron chi connectivity index (χ0n) is 24.4. The number of hydrogen-bond acceptors (Lipinski definition) is 10. The summed E-state index contributed by atoms with van der Waals surface area (Å²) in [5.41, 5.74) is 1.25. The van der Waals surface area contributed by atoms with Gasteiger partial charge in [-0.05, 0) is 60.7 Å². The molecule has 44 heavy (non-hydrogen) atoms. The summed E-state index contributed by atoms with van der Waals surface area (Å²) in [5.74, 6) is 3.06. The van der Waals surface area contributed by atoms with Crippen LogP contribution in [0.5, 0.6) is 0 Å². The number of para-hydroxylation sites is 1. The van der Waals surface area contributed by atoms with Crippen LogP contribution in [0.2, 0.25) is 0 Å². The molecule has 11 nitrogen and oxygen atoms in total. The minimum absolute atomic E-state index is 0.0321. The summed E-state index contributed by atoms with van der Waals surface area (Å²) in [6, 6.07) is 28.6. The lowest BCUT2D eigenvalue weighted by atomic mass is 10.1. The van der Waals surface area contributed by atoms with Crippen molar-refractivity contribution in [1.29, 1.82) is 0 Å². The van der Waals surface area contributed by atoms with Crippen LogP contribution < -0.4 is 23.9 Å². The fourth-order valence-corrected chi connectivity index (χ4v) is 7.14. The van der Waals surface area contributed by atoms with E-state index in [1.54, 1.807) is 48.2 Å². The Morgan fingerprint density at radius 3 is 1.32 bits per heavy atom. The van der Waals surface area contributed by atoms with Crippen LogP contribution in [0.4, 0.5) is 52.0 Å². The molecule has 0 saturated carbocycles. The molecular formula is C32H28N8O3S. The van der Waals surface area contributed by atoms with E-state index >= 15 is 0 Å². The average molecular weight is 605 g/mol. The zero-order valence-corrected chi connectivity index (χ0v) is 25.3. The third-order valence-electron chi connectivity index (χ3n) is 7.96. The molecule has 3 aromatic heterocycles. The van der Waals surface area contributed by atoms with Crippen molar-refractivity contribution < 1.29 is 13.2 Å². The summed E-state index contributed by atoms with van der Waals surface area (Å²) < 4.78 is 29.0. The maximum Gasteiger partial charge on any atom is 0.273 e. The van der Waals surface area contributed by atoms with Crippen molar-refractivity contribution in [3.05, 3.63) is 103 Å². The van der Waals surface area contributed by atoms with E-state index < -0.39 is 15.9 Å². The Morgan fingerprint density at radius 2 is 0.886 bits per heavy atom. The molecule has 0 unspecified atom stereocenters. The summed E-state index contributed by atoms with van der Waals surface area (Å²) in [6.45, 7) is 0. The van der Waals surface area contributed by atoms with Crippen molar-refractivity contribution in [2.45, 2.75) is 4.90 Å². The van der Waals surface area contributed by atoms with E-state index in [1.807, 2.05) is 84.6 Å². The molecule has 2 aliphatic rings. The molecule has 5 heterocycles. The van der Waals surface area contributed by atoms with E-state index in [2.05, 4.69) is 0 Å². The molecule has 1 amide bonds. The number of rotatable bonds is 1. The van der Waals surface area contributed by atoms with Crippen molar-refractivity contribution in [1.82, 2.24) is 15.0 Å². The third-order valence-corrected chi connectivity index (χ3v) is 9.70. The number of carbonyl (C=O) groups excluding carboxylic acids is 1. The minimum Gasteiger partial charge on any atom is -0.328 e. The standard InChI is InChI=1S/C32H28N8O3S/c1-36-22-12-7-13-23(31(22)40-32(41)21-11-5-6-14-24(21)44(40,42)43)37(2)26-16-9-18-28(34-26)39(4)30-20-10-19-29(35-30)38(3)27-17-8-15-25(36)33-27/h5-20H,1-4H3. The topological polar surface area (TPSA) is 106 Å². The smallest absolute Gasteiger partial charge is 0.273 e. The van der Waals surface area contributed by atoms with Crippen molar-refractivity contribution in [2.24, 2.45) is 0 Å². The van der Waals surface area contributed by atoms with Crippen molar-refractivity contribution >= 4 is 67.9 Å². The normalized spacial score (nSPS) is 15.5. The monoisotopic (exact) mass is 604 g/mol. The number of hydrogen-bond donors (Lipinski definition) is 0. The molecule has 7 rings (SSSR count). The van der Waals surface area contributed by atoms with E-state index in [0.717, 1.165) is 4.31 Å². The van der Waals surface area contributed by atoms with E-state index in [0.29, 0.717) is 46.3 Å². The first-order valence-electron chi connectivity index (χ1n) is 13.8. The number of amides is 1. The Kier molecular flexibility index (Phi) is 6.25. The Hall–Kier alpha value is -5.49. The van der Waals surface area contributed by atoms with Crippen LogP contribution in [0.25, 0.3) is 0 Å². The van der Waals surface area contributed by atoms with Crippen LogP contribution in [0.15, 0.2) is 102 Å². The van der Waals surface area contributed by atoms with E-state index in [9.17, 15) is 13.2 Å². The van der Waals surface area contributed by atoms with Gasteiger partial charge < -0.3 is 19.6 Å². The first kappa shape index (κ1) is 27.3. The predicted octanol–water partition coefficient (Wildman–Crippen LogP) is 5.61. The SMILES string of the molecule is CN1c2cccc(n2)N(C)c2cccc(n2)N(C)c2cccc(c2N2C(=O)c3ccccc3S2(=O)=O)N(C)c2cccc1n2. The molecule has 0 aliphatic carbocycles. The molecule has 0 spiro atoms. The lowest BCUT2D eigenvalue weighted by Crippen LogP contribution is -2.33. The molecule has 0 saturated heterocycles. The van der Waals surface area contributed by atoms with Crippen LogP contribution in [-0.4, -0.2) is 57.5 Å². The maximum absolute atomic E-state index is 14.1. The molecule has 0 fully saturated rings. The predicted molar refractivity (Wildman–Crippen MR) is 172 cm³/mol. The van der Waals surface area contributed by atoms with Gasteiger partial charge in [0.2, 0.25) is 0 Å². The highest BCUT2D eigenvalue weighted by Crippen LogP contribution is 2.47. The van der Waals surface area contributed by atoms with Crippen LogP contribution >= 0.6 is 0 Å². The van der Waals surface area contributed by atoms with Crippen LogP contribution in [0.3, 0.4) is 0 Å². The first-order chi connectivity index (χ1) is 21.2. The van der Waals surface area contributed by atoms with Gasteiger partial charge in [-0.3, -0.25) is 4.79 Å². The molecule has 2 aliphatic heterocycles. The van der Waals surface area contributed by atoms with Crippen molar-refractivity contribution in [2.75, 3.05) is 52.1 Å². The molecule has 5 aromatic rings. The Bertz CT molecular complexity index is 1980. The highest BCUT2D eigenvalue weighted by atomic mass is 32.2. The summed E-state index contributed by atoms with van der Waals surface area (Å²) in [4.78, 5) is 35.9. The molecule has 2 aromatic carbocycles. The van der Waals surface area contributed by atoms with E-state index in [1.165, 1.54) is 12.1 Å². The molecule has 0 radical (unpaired) electrons. The van der Waals surface area contributed by atoms with Gasteiger partial charge in [0.1, 0.15) is 45.5 Å². The lowest BCUT2D eigenvalue weighted by molar-refractivity contribution is 0.101. The van der Waals surface area contributed by atoms with Gasteiger partial charge in [0.15, 0.2) is 0 Å². The number of sulfonamides is 1. The second kappa shape index (κ2) is 10.1. The lowest BCUT2D eigenvalue weighted by Gasteiger charge is -2.31. The van der Waals surface area contributed by atoms with Crippen LogP contribution in [0, 0.1) is 0 Å². The quantitative estimate of drug-likeness (QED) is 0.240. The highest BCUT2D eigenvalue weighted by molar-refractivity contribution is 7.94. The van der Waals surface area contributed by atoms with Gasteiger partial charge in [-0.15, -0.1) is 0 Å². The van der Waals surface area contributed by atoms with Gasteiger partial charge in [0.25, 0.3) is 15.9 Å². The fourth-order valence-electron chi connectivity index (χ4n) is 5.51. The second-order valence-electron chi connectivity index (χ2n) is 10.5. The van der Waals surface area contributed by atoms with Gasteiger partial charge in [-0.2, -0.15) is 4.31 Å². The van der Waals surface area contributed by atoms with Gasteiger partial charge in [-0.25, -0.2) is 23.4 Å². The summed E-state index contributed by atoms with van der Waals surface area (Å²) in [5, 5.41) is 0. The number of carbonyl (C=O) groups is 1. The van der Waals surface area contributed by atoms with E-state index in [-0.39, 0.29) is 16.1 Å². The number of anilines is 9. The van der Waals surface area contributed by atoms with Gasteiger partial charge >= 0.3 is 0 Å². The Labute approximate surface area is 255 Å². The third kappa shape index (κ3) is 4.14. The number of nitrogens with zero attached hydrogens (tertiary/aromatic N) is 8. The van der Waals surface area contributed by atoms with Gasteiger partial charge in [0.05, 0.1) is 16.9 Å². The molecule has 0 N–H and O–H groups in total. The highest BCUT2D eigenvalue weighted by Gasteiger charge is 2.45. The van der Waals surface area contributed by atoms with Crippen molar-refractivity contribution in [3.8, 4) is 0 Å². The van der Waals surface area contributed by atoms with E-state index in [4.69, 9.17) is 15.0 Å². The first-order valence-corrected chi connectivity index (χ1v) is 15.3. The van der Waals surface area contributed by atoms with Gasteiger partial charge in [-0.1, -0.05) is 36.4 Å². The number of benzene rings is 2. The molecule has 8 bridgehead atoms. The zero-order chi connectivity index (χ0) is 30.7. The van der Waals surface area contributed by atoms with Crippen LogP contribution in [0.1, 0.15) is 10.4 Å². The van der Waals surface area contributed by atoms with Crippen molar-refractivity contribution in [3.63, 3.8) is 0 Å². The molecular weight excluding hydrogens is 576 g/mol. The largest absolute Gasteiger partial charge is 0.328 e. The maximum atomic E-state index is 14.1. The summed E-state index contributed by atoms with van der Waals surface area (Å²) in [6.07, 6.45) is 0. The Balaban J connectivity index is 1.51. The van der Waals surface area contributed by atoms with Gasteiger partial charge in [0, 0.05) is 28.2 Å².